The van der Waals surface area contributed by atoms with Gasteiger partial charge in [0.15, 0.2) is 0 Å². The highest BCUT2D eigenvalue weighted by molar-refractivity contribution is 5.55. The monoisotopic (exact) mass is 270 g/mol. The summed E-state index contributed by atoms with van der Waals surface area (Å²) in [7, 11) is 1.68. The number of hydrogen-bond donors (Lipinski definition) is 1. The van der Waals surface area contributed by atoms with E-state index in [-0.39, 0.29) is 5.56 Å². The molecule has 0 saturated carbocycles. The minimum absolute atomic E-state index is 0.0191. The van der Waals surface area contributed by atoms with Gasteiger partial charge in [0, 0.05) is 18.2 Å². The summed E-state index contributed by atoms with van der Waals surface area (Å²) in [5.41, 5.74) is 3.91. The summed E-state index contributed by atoms with van der Waals surface area (Å²) in [6.07, 6.45) is 3.97. The SMILES string of the molecule is COCc1ccc(-c2nc3c(c(=O)[nH]2)CCCC3)cc1. The zero-order valence-electron chi connectivity index (χ0n) is 11.6. The molecule has 104 valence electrons. The second-order valence-electron chi connectivity index (χ2n) is 5.18. The van der Waals surface area contributed by atoms with Gasteiger partial charge in [0.25, 0.3) is 5.56 Å². The lowest BCUT2D eigenvalue weighted by Crippen LogP contribution is -2.21. The van der Waals surface area contributed by atoms with Crippen LogP contribution in [-0.2, 0) is 24.2 Å². The smallest absolute Gasteiger partial charge is 0.254 e. The maximum atomic E-state index is 12.1. The summed E-state index contributed by atoms with van der Waals surface area (Å²) >= 11 is 0. The summed E-state index contributed by atoms with van der Waals surface area (Å²) in [6.45, 7) is 0.592. The first-order valence-corrected chi connectivity index (χ1v) is 6.98. The van der Waals surface area contributed by atoms with Crippen molar-refractivity contribution in [3.8, 4) is 11.4 Å². The predicted molar refractivity (Wildman–Crippen MR) is 77.6 cm³/mol. The lowest BCUT2D eigenvalue weighted by molar-refractivity contribution is 0.185. The van der Waals surface area contributed by atoms with Gasteiger partial charge in [-0.3, -0.25) is 4.79 Å². The van der Waals surface area contributed by atoms with Gasteiger partial charge in [0.2, 0.25) is 0 Å². The normalized spacial score (nSPS) is 14.1. The lowest BCUT2D eigenvalue weighted by atomic mass is 9.97. The molecule has 1 aromatic heterocycles. The first kappa shape index (κ1) is 13.1. The number of hydrogen-bond acceptors (Lipinski definition) is 3. The van der Waals surface area contributed by atoms with Crippen molar-refractivity contribution in [2.24, 2.45) is 0 Å². The average molecular weight is 270 g/mol. The Morgan fingerprint density at radius 1 is 1.20 bits per heavy atom. The Morgan fingerprint density at radius 3 is 2.70 bits per heavy atom. The molecule has 0 unspecified atom stereocenters. The van der Waals surface area contributed by atoms with Crippen LogP contribution in [0.1, 0.15) is 29.7 Å². The van der Waals surface area contributed by atoms with Crippen LogP contribution in [0.15, 0.2) is 29.1 Å². The van der Waals surface area contributed by atoms with Crippen molar-refractivity contribution >= 4 is 0 Å². The van der Waals surface area contributed by atoms with Crippen molar-refractivity contribution in [1.82, 2.24) is 9.97 Å². The average Bonchev–Trinajstić information content (AvgIpc) is 2.48. The van der Waals surface area contributed by atoms with Crippen LogP contribution in [0.25, 0.3) is 11.4 Å². The van der Waals surface area contributed by atoms with E-state index in [1.807, 2.05) is 24.3 Å². The highest BCUT2D eigenvalue weighted by Crippen LogP contribution is 2.20. The number of ether oxygens (including phenoxy) is 1. The minimum Gasteiger partial charge on any atom is -0.380 e. The molecule has 2 aromatic rings. The zero-order chi connectivity index (χ0) is 13.9. The van der Waals surface area contributed by atoms with E-state index in [1.165, 1.54) is 0 Å². The number of fused-ring (bicyclic) bond motifs is 1. The number of H-pyrrole nitrogens is 1. The molecule has 0 atom stereocenters. The second kappa shape index (κ2) is 5.59. The third-order valence-corrected chi connectivity index (χ3v) is 3.73. The van der Waals surface area contributed by atoms with Gasteiger partial charge in [-0.1, -0.05) is 24.3 Å². The van der Waals surface area contributed by atoms with E-state index in [9.17, 15) is 4.79 Å². The van der Waals surface area contributed by atoms with Gasteiger partial charge < -0.3 is 9.72 Å². The van der Waals surface area contributed by atoms with E-state index in [2.05, 4.69) is 9.97 Å². The Bertz CT molecular complexity index is 659. The van der Waals surface area contributed by atoms with Gasteiger partial charge in [-0.05, 0) is 31.2 Å². The molecule has 3 rings (SSSR count). The van der Waals surface area contributed by atoms with Crippen LogP contribution >= 0.6 is 0 Å². The van der Waals surface area contributed by atoms with Gasteiger partial charge in [-0.15, -0.1) is 0 Å². The van der Waals surface area contributed by atoms with Gasteiger partial charge in [0.1, 0.15) is 5.82 Å². The molecule has 0 aliphatic heterocycles. The van der Waals surface area contributed by atoms with Gasteiger partial charge >= 0.3 is 0 Å². The van der Waals surface area contributed by atoms with E-state index in [0.29, 0.717) is 12.4 Å². The van der Waals surface area contributed by atoms with Crippen LogP contribution in [0.4, 0.5) is 0 Å². The zero-order valence-corrected chi connectivity index (χ0v) is 11.6. The summed E-state index contributed by atoms with van der Waals surface area (Å²) in [5.74, 6) is 0.666. The molecule has 1 N–H and O–H groups in total. The third-order valence-electron chi connectivity index (χ3n) is 3.73. The molecule has 1 heterocycles. The number of methoxy groups -OCH3 is 1. The van der Waals surface area contributed by atoms with Crippen molar-refractivity contribution in [3.63, 3.8) is 0 Å². The number of aryl methyl sites for hydroxylation is 1. The standard InChI is InChI=1S/C16H18N2O2/c1-20-10-11-6-8-12(9-7-11)15-17-14-5-3-2-4-13(14)16(19)18-15/h6-9H,2-5,10H2,1H3,(H,17,18,19). The molecule has 0 saturated heterocycles. The number of nitrogens with one attached hydrogen (secondary N) is 1. The predicted octanol–water partition coefficient (Wildman–Crippen LogP) is 2.46. The largest absolute Gasteiger partial charge is 0.380 e. The molecule has 1 aromatic carbocycles. The van der Waals surface area contributed by atoms with E-state index < -0.39 is 0 Å². The van der Waals surface area contributed by atoms with Crippen molar-refractivity contribution in [2.75, 3.05) is 7.11 Å². The quantitative estimate of drug-likeness (QED) is 0.932. The fraction of sp³-hybridized carbons (Fsp3) is 0.375. The number of nitrogens with zero attached hydrogens (tertiary/aromatic N) is 1. The molecular formula is C16H18N2O2. The molecule has 0 fully saturated rings. The highest BCUT2D eigenvalue weighted by atomic mass is 16.5. The van der Waals surface area contributed by atoms with E-state index in [4.69, 9.17) is 4.74 Å². The van der Waals surface area contributed by atoms with Crippen molar-refractivity contribution in [3.05, 3.63) is 51.4 Å². The molecule has 1 aliphatic rings. The van der Waals surface area contributed by atoms with Crippen LogP contribution in [0.2, 0.25) is 0 Å². The molecule has 0 radical (unpaired) electrons. The van der Waals surface area contributed by atoms with E-state index in [1.54, 1.807) is 7.11 Å². The van der Waals surface area contributed by atoms with Crippen LogP contribution in [0.5, 0.6) is 0 Å². The lowest BCUT2D eigenvalue weighted by Gasteiger charge is -2.14. The van der Waals surface area contributed by atoms with E-state index >= 15 is 0 Å². The van der Waals surface area contributed by atoms with Gasteiger partial charge in [-0.2, -0.15) is 0 Å². The van der Waals surface area contributed by atoms with Crippen LogP contribution in [-0.4, -0.2) is 17.1 Å². The fourth-order valence-corrected chi connectivity index (χ4v) is 2.67. The molecule has 0 bridgehead atoms. The summed E-state index contributed by atoms with van der Waals surface area (Å²) < 4.78 is 5.09. The van der Waals surface area contributed by atoms with Crippen LogP contribution < -0.4 is 5.56 Å². The highest BCUT2D eigenvalue weighted by Gasteiger charge is 2.15. The van der Waals surface area contributed by atoms with Crippen molar-refractivity contribution < 1.29 is 4.74 Å². The summed E-state index contributed by atoms with van der Waals surface area (Å²) in [5, 5.41) is 0. The molecular weight excluding hydrogens is 252 g/mol. The summed E-state index contributed by atoms with van der Waals surface area (Å²) in [4.78, 5) is 19.7. The van der Waals surface area contributed by atoms with Crippen LogP contribution in [0, 0.1) is 0 Å². The number of benzene rings is 1. The molecule has 20 heavy (non-hydrogen) atoms. The fourth-order valence-electron chi connectivity index (χ4n) is 2.67. The van der Waals surface area contributed by atoms with Crippen molar-refractivity contribution in [1.29, 1.82) is 0 Å². The first-order chi connectivity index (χ1) is 9.78. The van der Waals surface area contributed by atoms with Gasteiger partial charge in [0.05, 0.1) is 12.3 Å². The Morgan fingerprint density at radius 2 is 1.95 bits per heavy atom. The first-order valence-electron chi connectivity index (χ1n) is 6.98. The number of aromatic amines is 1. The topological polar surface area (TPSA) is 55.0 Å². The number of rotatable bonds is 3. The maximum absolute atomic E-state index is 12.1. The molecule has 0 spiro atoms. The molecule has 0 amide bonds. The Balaban J connectivity index is 1.97. The van der Waals surface area contributed by atoms with Crippen LogP contribution in [0.3, 0.4) is 0 Å². The molecule has 4 heteroatoms. The van der Waals surface area contributed by atoms with E-state index in [0.717, 1.165) is 48.1 Å². The third kappa shape index (κ3) is 2.51. The molecule has 4 nitrogen and oxygen atoms in total. The number of aromatic nitrogens is 2. The Kier molecular flexibility index (Phi) is 3.65. The summed E-state index contributed by atoms with van der Waals surface area (Å²) in [6, 6.07) is 7.94. The maximum Gasteiger partial charge on any atom is 0.254 e. The Hall–Kier alpha value is -1.94. The minimum atomic E-state index is 0.0191. The molecule has 1 aliphatic carbocycles. The second-order valence-corrected chi connectivity index (χ2v) is 5.18. The Labute approximate surface area is 117 Å². The van der Waals surface area contributed by atoms with Crippen molar-refractivity contribution in [2.45, 2.75) is 32.3 Å². The van der Waals surface area contributed by atoms with Gasteiger partial charge in [-0.25, -0.2) is 4.98 Å².